The van der Waals surface area contributed by atoms with Gasteiger partial charge in [-0.15, -0.1) is 11.3 Å². The average molecular weight is 362 g/mol. The fraction of sp³-hybridized carbons (Fsp3) is 0.188. The number of nitrogens with one attached hydrogen (secondary N) is 1. The maximum atomic E-state index is 12.3. The van der Waals surface area contributed by atoms with Gasteiger partial charge in [0.15, 0.2) is 0 Å². The van der Waals surface area contributed by atoms with E-state index >= 15 is 0 Å². The zero-order chi connectivity index (χ0) is 16.9. The van der Waals surface area contributed by atoms with Gasteiger partial charge < -0.3 is 9.73 Å². The van der Waals surface area contributed by atoms with Crippen molar-refractivity contribution in [2.24, 2.45) is 0 Å². The quantitative estimate of drug-likeness (QED) is 0.799. The van der Waals surface area contributed by atoms with Crippen LogP contribution in [-0.2, 0) is 16.1 Å². The van der Waals surface area contributed by atoms with Crippen molar-refractivity contribution in [3.05, 3.63) is 51.5 Å². The van der Waals surface area contributed by atoms with Crippen LogP contribution in [0.2, 0.25) is 0 Å². The molecule has 1 aliphatic rings. The largest absolute Gasteiger partial charge is 0.467 e. The van der Waals surface area contributed by atoms with Crippen LogP contribution in [0.3, 0.4) is 0 Å². The Hall–Kier alpha value is -2.32. The van der Waals surface area contributed by atoms with Crippen molar-refractivity contribution in [3.63, 3.8) is 0 Å². The van der Waals surface area contributed by atoms with Crippen molar-refractivity contribution < 1.29 is 18.8 Å². The van der Waals surface area contributed by atoms with Gasteiger partial charge in [0.1, 0.15) is 5.76 Å². The van der Waals surface area contributed by atoms with Crippen LogP contribution in [0.5, 0.6) is 0 Å². The summed E-state index contributed by atoms with van der Waals surface area (Å²) in [7, 11) is 0. The third-order valence-electron chi connectivity index (χ3n) is 3.29. The van der Waals surface area contributed by atoms with Gasteiger partial charge in [-0.3, -0.25) is 19.3 Å². The minimum Gasteiger partial charge on any atom is -0.467 e. The lowest BCUT2D eigenvalue weighted by atomic mass is 10.3. The molecular formula is C16H14N2O4S2. The van der Waals surface area contributed by atoms with Crippen molar-refractivity contribution in [1.82, 2.24) is 10.2 Å². The Balaban J connectivity index is 1.52. The number of carbonyl (C=O) groups is 3. The molecule has 0 saturated carbocycles. The van der Waals surface area contributed by atoms with Crippen molar-refractivity contribution >= 4 is 46.2 Å². The molecule has 0 atom stereocenters. The molecule has 24 heavy (non-hydrogen) atoms. The van der Waals surface area contributed by atoms with Crippen LogP contribution in [-0.4, -0.2) is 28.5 Å². The summed E-state index contributed by atoms with van der Waals surface area (Å²) >= 11 is 2.39. The Morgan fingerprint density at radius 2 is 2.17 bits per heavy atom. The Labute approximate surface area is 146 Å². The van der Waals surface area contributed by atoms with Crippen molar-refractivity contribution in [2.75, 3.05) is 6.54 Å². The summed E-state index contributed by atoms with van der Waals surface area (Å²) in [6.07, 6.45) is 3.29. The van der Waals surface area contributed by atoms with E-state index in [4.69, 9.17) is 4.42 Å². The molecule has 0 aromatic carbocycles. The monoisotopic (exact) mass is 362 g/mol. The summed E-state index contributed by atoms with van der Waals surface area (Å²) in [5.74, 6) is 0.0540. The fourth-order valence-corrected chi connectivity index (χ4v) is 3.68. The van der Waals surface area contributed by atoms with Crippen molar-refractivity contribution in [3.8, 4) is 0 Å². The molecule has 1 aliphatic heterocycles. The van der Waals surface area contributed by atoms with Gasteiger partial charge in [0.2, 0.25) is 5.91 Å². The van der Waals surface area contributed by atoms with E-state index in [-0.39, 0.29) is 36.6 Å². The number of thioether (sulfide) groups is 1. The van der Waals surface area contributed by atoms with Crippen molar-refractivity contribution in [2.45, 2.75) is 13.0 Å². The first-order valence-corrected chi connectivity index (χ1v) is 8.91. The number of rotatable bonds is 6. The Morgan fingerprint density at radius 1 is 1.29 bits per heavy atom. The summed E-state index contributed by atoms with van der Waals surface area (Å²) in [6.45, 7) is 0.350. The van der Waals surface area contributed by atoms with Gasteiger partial charge in [0, 0.05) is 17.8 Å². The minimum absolute atomic E-state index is 0.0605. The van der Waals surface area contributed by atoms with Gasteiger partial charge in [-0.1, -0.05) is 6.07 Å². The van der Waals surface area contributed by atoms with E-state index in [0.717, 1.165) is 21.5 Å². The van der Waals surface area contributed by atoms with E-state index in [0.29, 0.717) is 10.7 Å². The molecule has 0 unspecified atom stereocenters. The molecule has 124 valence electrons. The molecule has 0 aliphatic carbocycles. The molecular weight excluding hydrogens is 348 g/mol. The minimum atomic E-state index is -0.350. The lowest BCUT2D eigenvalue weighted by Gasteiger charge is -2.11. The molecule has 3 rings (SSSR count). The van der Waals surface area contributed by atoms with E-state index in [1.807, 2.05) is 17.5 Å². The van der Waals surface area contributed by atoms with Gasteiger partial charge in [-0.05, 0) is 41.4 Å². The maximum Gasteiger partial charge on any atom is 0.293 e. The van der Waals surface area contributed by atoms with Crippen LogP contribution < -0.4 is 5.32 Å². The molecule has 2 aromatic heterocycles. The van der Waals surface area contributed by atoms with Crippen LogP contribution in [0.15, 0.2) is 45.2 Å². The van der Waals surface area contributed by atoms with E-state index in [2.05, 4.69) is 5.32 Å². The number of hydrogen-bond donors (Lipinski definition) is 1. The second kappa shape index (κ2) is 7.50. The molecule has 8 heteroatoms. The molecule has 0 radical (unpaired) electrons. The molecule has 6 nitrogen and oxygen atoms in total. The third-order valence-corrected chi connectivity index (χ3v) is 5.02. The standard InChI is InChI=1S/C16H14N2O4S2/c19-14(17-10-11-3-1-7-22-11)5-6-18-15(20)13(24-16(18)21)9-12-4-2-8-23-12/h1-4,7-9H,5-6,10H2,(H,17,19). The van der Waals surface area contributed by atoms with Crippen LogP contribution in [0.1, 0.15) is 17.1 Å². The summed E-state index contributed by atoms with van der Waals surface area (Å²) in [5.41, 5.74) is 0. The summed E-state index contributed by atoms with van der Waals surface area (Å²) in [6, 6.07) is 7.25. The normalized spacial score (nSPS) is 16.2. The number of furan rings is 1. The molecule has 1 fully saturated rings. The Bertz CT molecular complexity index is 766. The number of amides is 3. The van der Waals surface area contributed by atoms with Gasteiger partial charge in [-0.25, -0.2) is 0 Å². The molecule has 3 heterocycles. The highest BCUT2D eigenvalue weighted by molar-refractivity contribution is 8.18. The second-order valence-electron chi connectivity index (χ2n) is 4.95. The highest BCUT2D eigenvalue weighted by atomic mass is 32.2. The predicted molar refractivity (Wildman–Crippen MR) is 92.2 cm³/mol. The number of nitrogens with zero attached hydrogens (tertiary/aromatic N) is 1. The van der Waals surface area contributed by atoms with Gasteiger partial charge in [-0.2, -0.15) is 0 Å². The first kappa shape index (κ1) is 16.5. The molecule has 1 saturated heterocycles. The van der Waals surface area contributed by atoms with Gasteiger partial charge in [0.05, 0.1) is 17.7 Å². The molecule has 0 bridgehead atoms. The topological polar surface area (TPSA) is 79.6 Å². The van der Waals surface area contributed by atoms with E-state index in [1.54, 1.807) is 18.2 Å². The van der Waals surface area contributed by atoms with Gasteiger partial charge >= 0.3 is 0 Å². The molecule has 1 N–H and O–H groups in total. The zero-order valence-electron chi connectivity index (χ0n) is 12.6. The number of thiophene rings is 1. The molecule has 3 amide bonds. The Morgan fingerprint density at radius 3 is 2.88 bits per heavy atom. The van der Waals surface area contributed by atoms with Gasteiger partial charge in [0.25, 0.3) is 11.1 Å². The van der Waals surface area contributed by atoms with Crippen LogP contribution in [0, 0.1) is 0 Å². The van der Waals surface area contributed by atoms with E-state index in [9.17, 15) is 14.4 Å². The lowest BCUT2D eigenvalue weighted by Crippen LogP contribution is -2.33. The summed E-state index contributed by atoms with van der Waals surface area (Å²) in [5, 5.41) is 4.24. The smallest absolute Gasteiger partial charge is 0.293 e. The molecule has 2 aromatic rings. The second-order valence-corrected chi connectivity index (χ2v) is 6.93. The van der Waals surface area contributed by atoms with Crippen LogP contribution in [0.25, 0.3) is 6.08 Å². The predicted octanol–water partition coefficient (Wildman–Crippen LogP) is 3.08. The maximum absolute atomic E-state index is 12.3. The number of carbonyl (C=O) groups excluding carboxylic acids is 3. The fourth-order valence-electron chi connectivity index (χ4n) is 2.10. The third kappa shape index (κ3) is 3.95. The van der Waals surface area contributed by atoms with Crippen LogP contribution in [0.4, 0.5) is 4.79 Å². The molecule has 0 spiro atoms. The highest BCUT2D eigenvalue weighted by Crippen LogP contribution is 2.32. The lowest BCUT2D eigenvalue weighted by molar-refractivity contribution is -0.124. The highest BCUT2D eigenvalue weighted by Gasteiger charge is 2.35. The summed E-state index contributed by atoms with van der Waals surface area (Å²) in [4.78, 5) is 38.5. The first-order valence-electron chi connectivity index (χ1n) is 7.21. The van der Waals surface area contributed by atoms with Crippen LogP contribution >= 0.6 is 23.1 Å². The Kier molecular flexibility index (Phi) is 5.17. The van der Waals surface area contributed by atoms with Crippen molar-refractivity contribution in [1.29, 1.82) is 0 Å². The number of hydrogen-bond acceptors (Lipinski definition) is 6. The first-order chi connectivity index (χ1) is 11.6. The number of imide groups is 1. The van der Waals surface area contributed by atoms with E-state index in [1.165, 1.54) is 17.6 Å². The zero-order valence-corrected chi connectivity index (χ0v) is 14.2. The van der Waals surface area contributed by atoms with E-state index < -0.39 is 0 Å². The SMILES string of the molecule is O=C(CCN1C(=O)SC(=Cc2cccs2)C1=O)NCc1ccco1. The average Bonchev–Trinajstić information content (AvgIpc) is 3.29. The summed E-state index contributed by atoms with van der Waals surface area (Å²) < 4.78 is 5.12.